The Morgan fingerprint density at radius 1 is 1.45 bits per heavy atom. The van der Waals surface area contributed by atoms with E-state index in [2.05, 4.69) is 66.7 Å². The molecule has 20 heavy (non-hydrogen) atoms. The third-order valence-corrected chi connectivity index (χ3v) is 6.55. The monoisotopic (exact) mass is 513 g/mol. The Bertz CT molecular complexity index is 499. The van der Waals surface area contributed by atoms with Crippen molar-refractivity contribution in [3.8, 4) is 0 Å². The second-order valence-corrected chi connectivity index (χ2v) is 8.31. The highest BCUT2D eigenvalue weighted by atomic mass is 127. The number of hydrogen-bond acceptors (Lipinski definition) is 1. The summed E-state index contributed by atoms with van der Waals surface area (Å²) in [6, 6.07) is 5.81. The average Bonchev–Trinajstić information content (AvgIpc) is 2.44. The summed E-state index contributed by atoms with van der Waals surface area (Å²) in [7, 11) is 0. The lowest BCUT2D eigenvalue weighted by atomic mass is 9.78. The van der Waals surface area contributed by atoms with Crippen LogP contribution in [0.15, 0.2) is 22.7 Å². The van der Waals surface area contributed by atoms with Gasteiger partial charge in [-0.2, -0.15) is 0 Å². The number of halogens is 3. The van der Waals surface area contributed by atoms with E-state index in [-0.39, 0.29) is 11.4 Å². The Balaban J connectivity index is 2.15. The number of rotatable bonds is 3. The van der Waals surface area contributed by atoms with Gasteiger partial charge in [0.15, 0.2) is 0 Å². The van der Waals surface area contributed by atoms with Crippen LogP contribution in [0.2, 0.25) is 0 Å². The zero-order valence-corrected chi connectivity index (χ0v) is 16.7. The molecule has 0 aliphatic heterocycles. The summed E-state index contributed by atoms with van der Waals surface area (Å²) in [5.41, 5.74) is 0.661. The second kappa shape index (κ2) is 7.09. The van der Waals surface area contributed by atoms with Gasteiger partial charge in [-0.25, -0.2) is 0 Å². The molecule has 0 bridgehead atoms. The average molecular weight is 515 g/mol. The fourth-order valence-corrected chi connectivity index (χ4v) is 4.23. The lowest BCUT2D eigenvalue weighted by molar-refractivity contribution is 0.0873. The molecule has 2 nitrogen and oxygen atoms in total. The van der Waals surface area contributed by atoms with Crippen molar-refractivity contribution < 1.29 is 4.79 Å². The van der Waals surface area contributed by atoms with Crippen LogP contribution in [0, 0.1) is 9.49 Å². The predicted octanol–water partition coefficient (Wildman–Crippen LogP) is 5.13. The van der Waals surface area contributed by atoms with Crippen LogP contribution in [0.3, 0.4) is 0 Å². The van der Waals surface area contributed by atoms with E-state index in [4.69, 9.17) is 0 Å². The molecule has 1 fully saturated rings. The quantitative estimate of drug-likeness (QED) is 0.440. The van der Waals surface area contributed by atoms with E-state index in [9.17, 15) is 4.79 Å². The van der Waals surface area contributed by atoms with Gasteiger partial charge in [-0.05, 0) is 72.4 Å². The summed E-state index contributed by atoms with van der Waals surface area (Å²) in [6.07, 6.45) is 4.47. The maximum atomic E-state index is 12.6. The van der Waals surface area contributed by atoms with E-state index < -0.39 is 0 Å². The first-order valence-electron chi connectivity index (χ1n) is 6.79. The van der Waals surface area contributed by atoms with Crippen molar-refractivity contribution in [3.63, 3.8) is 0 Å². The van der Waals surface area contributed by atoms with Crippen LogP contribution in [-0.2, 0) is 0 Å². The van der Waals surface area contributed by atoms with E-state index >= 15 is 0 Å². The van der Waals surface area contributed by atoms with E-state index in [1.807, 2.05) is 18.2 Å². The molecule has 5 heteroatoms. The number of amides is 1. The molecule has 2 rings (SSSR count). The highest BCUT2D eigenvalue weighted by molar-refractivity contribution is 14.1. The lowest BCUT2D eigenvalue weighted by Gasteiger charge is -2.39. The molecular weight excluding hydrogens is 497 g/mol. The summed E-state index contributed by atoms with van der Waals surface area (Å²) in [4.78, 5) is 12.6. The number of nitrogens with one attached hydrogen (secondary N) is 1. The van der Waals surface area contributed by atoms with Crippen molar-refractivity contribution in [2.24, 2.45) is 5.92 Å². The molecule has 110 valence electrons. The molecule has 1 aliphatic rings. The van der Waals surface area contributed by atoms with Gasteiger partial charge in [0.2, 0.25) is 0 Å². The molecule has 1 aromatic carbocycles. The topological polar surface area (TPSA) is 29.1 Å². The summed E-state index contributed by atoms with van der Waals surface area (Å²) in [5, 5.41) is 4.10. The molecule has 0 spiro atoms. The minimum atomic E-state index is -0.0883. The van der Waals surface area contributed by atoms with Gasteiger partial charge >= 0.3 is 0 Å². The van der Waals surface area contributed by atoms with Gasteiger partial charge in [0.1, 0.15) is 0 Å². The Morgan fingerprint density at radius 2 is 2.10 bits per heavy atom. The summed E-state index contributed by atoms with van der Waals surface area (Å²) >= 11 is 9.24. The Hall–Kier alpha value is 0.380. The van der Waals surface area contributed by atoms with Gasteiger partial charge < -0.3 is 5.32 Å². The van der Waals surface area contributed by atoms with Gasteiger partial charge in [0, 0.05) is 13.4 Å². The number of alkyl halides is 1. The third-order valence-electron chi connectivity index (χ3n) is 4.04. The fraction of sp³-hybridized carbons (Fsp3) is 0.533. The van der Waals surface area contributed by atoms with E-state index in [1.54, 1.807) is 0 Å². The third kappa shape index (κ3) is 3.97. The number of benzene rings is 1. The molecule has 0 atom stereocenters. The van der Waals surface area contributed by atoms with Crippen molar-refractivity contribution in [3.05, 3.63) is 31.8 Å². The lowest BCUT2D eigenvalue weighted by Crippen LogP contribution is -2.52. The summed E-state index contributed by atoms with van der Waals surface area (Å²) in [5.74, 6) is 0.801. The van der Waals surface area contributed by atoms with E-state index in [0.29, 0.717) is 0 Å². The molecule has 0 saturated heterocycles. The van der Waals surface area contributed by atoms with Crippen molar-refractivity contribution in [1.29, 1.82) is 0 Å². The molecule has 1 amide bonds. The van der Waals surface area contributed by atoms with Crippen LogP contribution in [0.4, 0.5) is 0 Å². The van der Waals surface area contributed by atoms with Crippen LogP contribution in [0.25, 0.3) is 0 Å². The Labute approximate surface area is 150 Å². The number of carbonyl (C=O) groups excluding carboxylic acids is 1. The van der Waals surface area contributed by atoms with Crippen LogP contribution >= 0.6 is 54.5 Å². The molecule has 1 N–H and O–H groups in total. The van der Waals surface area contributed by atoms with Gasteiger partial charge in [-0.15, -0.1) is 0 Å². The smallest absolute Gasteiger partial charge is 0.252 e. The number of carbonyl (C=O) groups is 1. The zero-order chi connectivity index (χ0) is 14.8. The summed E-state index contributed by atoms with van der Waals surface area (Å²) < 4.78 is 1.92. The molecule has 0 heterocycles. The Morgan fingerprint density at radius 3 is 2.70 bits per heavy atom. The maximum absolute atomic E-state index is 12.6. The van der Waals surface area contributed by atoms with Gasteiger partial charge in [0.25, 0.3) is 5.91 Å². The van der Waals surface area contributed by atoms with Gasteiger partial charge in [0.05, 0.1) is 11.1 Å². The van der Waals surface area contributed by atoms with Crippen molar-refractivity contribution >= 4 is 60.4 Å². The van der Waals surface area contributed by atoms with Crippen LogP contribution in [-0.4, -0.2) is 16.8 Å². The maximum Gasteiger partial charge on any atom is 0.252 e. The fourth-order valence-electron chi connectivity index (χ4n) is 2.59. The first-order valence-corrected chi connectivity index (χ1v) is 9.79. The van der Waals surface area contributed by atoms with E-state index in [0.717, 1.165) is 37.7 Å². The highest BCUT2D eigenvalue weighted by Gasteiger charge is 2.35. The SMILES string of the molecule is CC1CCC(CBr)(NC(=O)c2cc(Br)ccc2I)CC1. The first kappa shape index (κ1) is 16.7. The normalized spacial score (nSPS) is 26.3. The highest BCUT2D eigenvalue weighted by Crippen LogP contribution is 2.33. The zero-order valence-electron chi connectivity index (χ0n) is 11.4. The molecule has 0 radical (unpaired) electrons. The van der Waals surface area contributed by atoms with Crippen LogP contribution in [0.5, 0.6) is 0 Å². The molecule has 0 aromatic heterocycles. The summed E-state index contributed by atoms with van der Waals surface area (Å²) in [6.45, 7) is 2.29. The van der Waals surface area contributed by atoms with Gasteiger partial charge in [-0.1, -0.05) is 38.8 Å². The molecule has 1 aromatic rings. The predicted molar refractivity (Wildman–Crippen MR) is 98.5 cm³/mol. The molecule has 1 saturated carbocycles. The first-order chi connectivity index (χ1) is 9.46. The minimum absolute atomic E-state index is 0.0321. The van der Waals surface area contributed by atoms with E-state index in [1.165, 1.54) is 12.8 Å². The van der Waals surface area contributed by atoms with Gasteiger partial charge in [-0.3, -0.25) is 4.79 Å². The molecular formula is C15H18Br2INO. The van der Waals surface area contributed by atoms with Crippen molar-refractivity contribution in [1.82, 2.24) is 5.32 Å². The largest absolute Gasteiger partial charge is 0.346 e. The second-order valence-electron chi connectivity index (χ2n) is 5.67. The molecule has 1 aliphatic carbocycles. The van der Waals surface area contributed by atoms with Crippen LogP contribution in [0.1, 0.15) is 43.0 Å². The molecule has 0 unspecified atom stereocenters. The van der Waals surface area contributed by atoms with Crippen LogP contribution < -0.4 is 5.32 Å². The minimum Gasteiger partial charge on any atom is -0.346 e. The van der Waals surface area contributed by atoms with Crippen molar-refractivity contribution in [2.45, 2.75) is 38.1 Å². The Kier molecular flexibility index (Phi) is 5.94. The van der Waals surface area contributed by atoms with Crippen molar-refractivity contribution in [2.75, 3.05) is 5.33 Å². The standard InChI is InChI=1S/C15H18Br2INO/c1-10-4-6-15(9-16,7-5-10)19-14(20)12-8-11(17)2-3-13(12)18/h2-3,8,10H,4-7,9H2,1H3,(H,19,20). The number of hydrogen-bond donors (Lipinski definition) is 1.